The lowest BCUT2D eigenvalue weighted by Crippen LogP contribution is -2.37. The van der Waals surface area contributed by atoms with Crippen LogP contribution in [-0.4, -0.2) is 46.9 Å². The number of aromatic amines is 1. The van der Waals surface area contributed by atoms with Crippen LogP contribution in [0.4, 0.5) is 0 Å². The molecule has 128 valence electrons. The van der Waals surface area contributed by atoms with Gasteiger partial charge >= 0.3 is 5.96 Å². The molecule has 3 aromatic rings. The second-order valence-electron chi connectivity index (χ2n) is 6.24. The van der Waals surface area contributed by atoms with Crippen LogP contribution in [0.3, 0.4) is 0 Å². The average Bonchev–Trinajstić information content (AvgIpc) is 3.30. The Labute approximate surface area is 147 Å². The lowest BCUT2D eigenvalue weighted by Gasteiger charge is -2.11. The van der Waals surface area contributed by atoms with Crippen LogP contribution < -0.4 is 10.6 Å². The number of rotatable bonds is 5. The number of para-hydroxylation sites is 1. The summed E-state index contributed by atoms with van der Waals surface area (Å²) < 4.78 is 2.18. The standard InChI is InChI=1S/C20H22N4O/c25-13-12-24(20-21-10-11-22-20)14-17-16-8-4-5-9-18(16)23-19(17)15-6-2-1-3-7-15/h1-9,23,25H,10-14H2,(H,21,22)/p+1. The zero-order chi connectivity index (χ0) is 17.1. The molecule has 25 heavy (non-hydrogen) atoms. The van der Waals surface area contributed by atoms with Gasteiger partial charge in [0, 0.05) is 16.5 Å². The number of hydrogen-bond donors (Lipinski definition) is 4. The van der Waals surface area contributed by atoms with Crippen molar-refractivity contribution < 1.29 is 9.68 Å². The number of fused-ring (bicyclic) bond motifs is 1. The highest BCUT2D eigenvalue weighted by molar-refractivity contribution is 5.90. The van der Waals surface area contributed by atoms with Crippen LogP contribution in [-0.2, 0) is 6.54 Å². The third kappa shape index (κ3) is 3.10. The first kappa shape index (κ1) is 15.7. The Morgan fingerprint density at radius 2 is 1.64 bits per heavy atom. The SMILES string of the molecule is OCC[N+](Cc1c(-c2ccccc2)[nH]c2ccccc12)=C1NCCN1. The molecule has 5 heteroatoms. The predicted molar refractivity (Wildman–Crippen MR) is 101 cm³/mol. The minimum Gasteiger partial charge on any atom is -0.393 e. The van der Waals surface area contributed by atoms with Crippen LogP contribution in [0.1, 0.15) is 5.56 Å². The van der Waals surface area contributed by atoms with Crippen molar-refractivity contribution in [2.75, 3.05) is 26.2 Å². The molecule has 0 bridgehead atoms. The van der Waals surface area contributed by atoms with E-state index in [1.54, 1.807) is 0 Å². The van der Waals surface area contributed by atoms with Crippen molar-refractivity contribution in [2.24, 2.45) is 0 Å². The zero-order valence-corrected chi connectivity index (χ0v) is 14.1. The number of benzene rings is 2. The molecule has 2 heterocycles. The molecule has 5 nitrogen and oxygen atoms in total. The number of aliphatic hydroxyl groups excluding tert-OH is 1. The smallest absolute Gasteiger partial charge is 0.346 e. The maximum absolute atomic E-state index is 9.51. The molecule has 1 aromatic heterocycles. The minimum atomic E-state index is 0.121. The summed E-state index contributed by atoms with van der Waals surface area (Å²) in [5.41, 5.74) is 4.70. The quantitative estimate of drug-likeness (QED) is 0.539. The van der Waals surface area contributed by atoms with Gasteiger partial charge in [0.15, 0.2) is 0 Å². The van der Waals surface area contributed by atoms with Crippen molar-refractivity contribution in [3.05, 3.63) is 60.2 Å². The highest BCUT2D eigenvalue weighted by Crippen LogP contribution is 2.30. The lowest BCUT2D eigenvalue weighted by molar-refractivity contribution is -0.548. The number of H-pyrrole nitrogens is 1. The van der Waals surface area contributed by atoms with E-state index in [9.17, 15) is 5.11 Å². The summed E-state index contributed by atoms with van der Waals surface area (Å²) in [6.07, 6.45) is 0. The predicted octanol–water partition coefficient (Wildman–Crippen LogP) is 1.89. The van der Waals surface area contributed by atoms with Gasteiger partial charge in [0.2, 0.25) is 0 Å². The molecule has 1 aliphatic rings. The van der Waals surface area contributed by atoms with E-state index in [1.807, 2.05) is 6.07 Å². The Morgan fingerprint density at radius 1 is 0.920 bits per heavy atom. The van der Waals surface area contributed by atoms with E-state index >= 15 is 0 Å². The Bertz CT molecular complexity index is 890. The molecule has 2 aromatic carbocycles. The van der Waals surface area contributed by atoms with E-state index in [1.165, 1.54) is 16.5 Å². The van der Waals surface area contributed by atoms with Gasteiger partial charge in [0.05, 0.1) is 38.5 Å². The van der Waals surface area contributed by atoms with Crippen molar-refractivity contribution in [2.45, 2.75) is 6.54 Å². The Kier molecular flexibility index (Phi) is 4.39. The topological polar surface area (TPSA) is 63.1 Å². The number of guanidine groups is 1. The number of nitrogens with zero attached hydrogens (tertiary/aromatic N) is 1. The van der Waals surface area contributed by atoms with Gasteiger partial charge in [-0.15, -0.1) is 0 Å². The van der Waals surface area contributed by atoms with Gasteiger partial charge in [-0.05, 0) is 11.6 Å². The molecule has 1 saturated heterocycles. The van der Waals surface area contributed by atoms with Crippen molar-refractivity contribution in [3.63, 3.8) is 0 Å². The summed E-state index contributed by atoms with van der Waals surface area (Å²) in [7, 11) is 0. The molecule has 0 spiro atoms. The fraction of sp³-hybridized carbons (Fsp3) is 0.250. The molecule has 1 fully saturated rings. The number of aromatic nitrogens is 1. The first-order chi connectivity index (χ1) is 12.4. The molecule has 4 N–H and O–H groups in total. The monoisotopic (exact) mass is 335 g/mol. The molecular weight excluding hydrogens is 312 g/mol. The third-order valence-electron chi connectivity index (χ3n) is 4.62. The maximum atomic E-state index is 9.51. The van der Waals surface area contributed by atoms with Crippen molar-refractivity contribution in [1.82, 2.24) is 15.6 Å². The van der Waals surface area contributed by atoms with Crippen LogP contribution in [0.2, 0.25) is 0 Å². The summed E-state index contributed by atoms with van der Waals surface area (Å²) in [6, 6.07) is 18.8. The molecule has 0 atom stereocenters. The van der Waals surface area contributed by atoms with E-state index in [0.717, 1.165) is 36.8 Å². The van der Waals surface area contributed by atoms with Crippen LogP contribution in [0.25, 0.3) is 22.2 Å². The molecule has 0 unspecified atom stereocenters. The molecule has 4 rings (SSSR count). The number of nitrogens with one attached hydrogen (secondary N) is 3. The van der Waals surface area contributed by atoms with Gasteiger partial charge in [-0.3, -0.25) is 15.2 Å². The first-order valence-electron chi connectivity index (χ1n) is 8.72. The van der Waals surface area contributed by atoms with Crippen LogP contribution in [0, 0.1) is 0 Å². The summed E-state index contributed by atoms with van der Waals surface area (Å²) >= 11 is 0. The molecule has 1 aliphatic heterocycles. The molecule has 0 saturated carbocycles. The minimum absolute atomic E-state index is 0.121. The van der Waals surface area contributed by atoms with Gasteiger partial charge in [-0.1, -0.05) is 48.5 Å². The van der Waals surface area contributed by atoms with Crippen LogP contribution in [0.15, 0.2) is 54.6 Å². The van der Waals surface area contributed by atoms with Gasteiger partial charge in [-0.2, -0.15) is 0 Å². The summed E-state index contributed by atoms with van der Waals surface area (Å²) in [5, 5.41) is 17.5. The Hall–Kier alpha value is -2.79. The molecular formula is C20H23N4O+. The average molecular weight is 335 g/mol. The number of aliphatic hydroxyl groups is 1. The summed E-state index contributed by atoms with van der Waals surface area (Å²) in [4.78, 5) is 3.58. The Balaban J connectivity index is 1.83. The summed E-state index contributed by atoms with van der Waals surface area (Å²) in [5.74, 6) is 0.998. The fourth-order valence-electron chi connectivity index (χ4n) is 3.44. The number of hydrogen-bond acceptors (Lipinski definition) is 1. The molecule has 0 amide bonds. The van der Waals surface area contributed by atoms with Crippen molar-refractivity contribution in [3.8, 4) is 11.3 Å². The van der Waals surface area contributed by atoms with Crippen LogP contribution >= 0.6 is 0 Å². The second-order valence-corrected chi connectivity index (χ2v) is 6.24. The summed E-state index contributed by atoms with van der Waals surface area (Å²) in [6.45, 7) is 3.26. The Morgan fingerprint density at radius 3 is 2.40 bits per heavy atom. The largest absolute Gasteiger partial charge is 0.393 e. The van der Waals surface area contributed by atoms with E-state index < -0.39 is 0 Å². The molecule has 0 radical (unpaired) electrons. The zero-order valence-electron chi connectivity index (χ0n) is 14.1. The van der Waals surface area contributed by atoms with Crippen LogP contribution in [0.5, 0.6) is 0 Å². The van der Waals surface area contributed by atoms with E-state index in [2.05, 4.69) is 68.7 Å². The van der Waals surface area contributed by atoms with E-state index in [4.69, 9.17) is 0 Å². The second kappa shape index (κ2) is 6.99. The highest BCUT2D eigenvalue weighted by atomic mass is 16.3. The van der Waals surface area contributed by atoms with Crippen molar-refractivity contribution >= 4 is 16.9 Å². The maximum Gasteiger partial charge on any atom is 0.346 e. The van der Waals surface area contributed by atoms with Gasteiger partial charge in [0.1, 0.15) is 0 Å². The van der Waals surface area contributed by atoms with Gasteiger partial charge < -0.3 is 10.1 Å². The third-order valence-corrected chi connectivity index (χ3v) is 4.62. The molecule has 0 aliphatic carbocycles. The normalized spacial score (nSPS) is 13.7. The van der Waals surface area contributed by atoms with E-state index in [-0.39, 0.29) is 6.61 Å². The fourth-order valence-corrected chi connectivity index (χ4v) is 3.44. The van der Waals surface area contributed by atoms with Gasteiger partial charge in [-0.25, -0.2) is 0 Å². The highest BCUT2D eigenvalue weighted by Gasteiger charge is 2.21. The van der Waals surface area contributed by atoms with Crippen molar-refractivity contribution in [1.29, 1.82) is 0 Å². The van der Waals surface area contributed by atoms with E-state index in [0.29, 0.717) is 6.54 Å². The lowest BCUT2D eigenvalue weighted by atomic mass is 10.0. The first-order valence-corrected chi connectivity index (χ1v) is 8.72. The van der Waals surface area contributed by atoms with Gasteiger partial charge in [0.25, 0.3) is 0 Å².